The van der Waals surface area contributed by atoms with E-state index in [1.807, 2.05) is 0 Å². The van der Waals surface area contributed by atoms with Crippen LogP contribution in [-0.4, -0.2) is 59.5 Å². The molecular formula is C26H26F3N3O5S2. The standard InChI is InChI=1S/C26H26F3N3O5S2/c1-38(34,35)18-19-5-2-3-8-24(19)25(33)30-21-9-11-23(12-10-21)39(36,37)32-15-13-31(14-16-32)22-7-4-6-20(17-22)26(27,28)29/h2-12,17H,13-16,18H2,1H3,(H,30,33). The summed E-state index contributed by atoms with van der Waals surface area (Å²) in [5, 5.41) is 2.65. The van der Waals surface area contributed by atoms with Crippen LogP contribution in [0.4, 0.5) is 24.5 Å². The van der Waals surface area contributed by atoms with Gasteiger partial charge in [0, 0.05) is 49.4 Å². The number of carbonyl (C=O) groups is 1. The second-order valence-electron chi connectivity index (χ2n) is 9.14. The number of carbonyl (C=O) groups excluding carboxylic acids is 1. The maximum atomic E-state index is 13.2. The third-order valence-electron chi connectivity index (χ3n) is 6.21. The number of amides is 1. The highest BCUT2D eigenvalue weighted by atomic mass is 32.2. The number of alkyl halides is 3. The van der Waals surface area contributed by atoms with Gasteiger partial charge in [-0.2, -0.15) is 17.5 Å². The van der Waals surface area contributed by atoms with Gasteiger partial charge in [-0.15, -0.1) is 0 Å². The zero-order valence-electron chi connectivity index (χ0n) is 20.8. The first-order chi connectivity index (χ1) is 18.2. The lowest BCUT2D eigenvalue weighted by Gasteiger charge is -2.35. The number of benzene rings is 3. The lowest BCUT2D eigenvalue weighted by Crippen LogP contribution is -2.48. The Morgan fingerprint density at radius 1 is 0.872 bits per heavy atom. The molecule has 3 aromatic rings. The third kappa shape index (κ3) is 6.97. The van der Waals surface area contributed by atoms with Gasteiger partial charge in [-0.05, 0) is 54.1 Å². The van der Waals surface area contributed by atoms with Gasteiger partial charge in [-0.3, -0.25) is 4.79 Å². The van der Waals surface area contributed by atoms with E-state index in [2.05, 4.69) is 5.32 Å². The van der Waals surface area contributed by atoms with Crippen molar-refractivity contribution < 1.29 is 34.8 Å². The second-order valence-corrected chi connectivity index (χ2v) is 13.2. The lowest BCUT2D eigenvalue weighted by molar-refractivity contribution is -0.137. The quantitative estimate of drug-likeness (QED) is 0.452. The molecule has 0 unspecified atom stereocenters. The van der Waals surface area contributed by atoms with E-state index >= 15 is 0 Å². The lowest BCUT2D eigenvalue weighted by atomic mass is 10.1. The van der Waals surface area contributed by atoms with Gasteiger partial charge < -0.3 is 10.2 Å². The molecule has 1 amide bonds. The molecular weight excluding hydrogens is 555 g/mol. The summed E-state index contributed by atoms with van der Waals surface area (Å²) < 4.78 is 90.1. The molecule has 39 heavy (non-hydrogen) atoms. The van der Waals surface area contributed by atoms with Gasteiger partial charge in [0.25, 0.3) is 5.91 Å². The van der Waals surface area contributed by atoms with E-state index in [0.717, 1.165) is 18.4 Å². The van der Waals surface area contributed by atoms with Crippen molar-refractivity contribution in [3.05, 3.63) is 89.5 Å². The van der Waals surface area contributed by atoms with Crippen molar-refractivity contribution in [3.63, 3.8) is 0 Å². The summed E-state index contributed by atoms with van der Waals surface area (Å²) in [5.41, 5.74) is 0.475. The molecule has 0 spiro atoms. The van der Waals surface area contributed by atoms with Crippen molar-refractivity contribution in [3.8, 4) is 0 Å². The van der Waals surface area contributed by atoms with Crippen LogP contribution >= 0.6 is 0 Å². The van der Waals surface area contributed by atoms with Gasteiger partial charge >= 0.3 is 6.18 Å². The van der Waals surface area contributed by atoms with Crippen LogP contribution in [0.25, 0.3) is 0 Å². The number of piperazine rings is 1. The van der Waals surface area contributed by atoms with Crippen LogP contribution in [0.1, 0.15) is 21.5 Å². The highest BCUT2D eigenvalue weighted by Crippen LogP contribution is 2.32. The van der Waals surface area contributed by atoms with Crippen molar-refractivity contribution >= 4 is 37.1 Å². The molecule has 8 nitrogen and oxygen atoms in total. The van der Waals surface area contributed by atoms with Crippen molar-refractivity contribution in [2.45, 2.75) is 16.8 Å². The first-order valence-corrected chi connectivity index (χ1v) is 15.3. The predicted molar refractivity (Wildman–Crippen MR) is 142 cm³/mol. The van der Waals surface area contributed by atoms with Crippen LogP contribution in [0.5, 0.6) is 0 Å². The molecule has 0 atom stereocenters. The Bertz CT molecular complexity index is 1570. The molecule has 0 aliphatic carbocycles. The average molecular weight is 582 g/mol. The van der Waals surface area contributed by atoms with E-state index in [-0.39, 0.29) is 42.4 Å². The SMILES string of the molecule is CS(=O)(=O)Cc1ccccc1C(=O)Nc1ccc(S(=O)(=O)N2CCN(c3cccc(C(F)(F)F)c3)CC2)cc1. The summed E-state index contributed by atoms with van der Waals surface area (Å²) in [5.74, 6) is -0.829. The maximum absolute atomic E-state index is 13.2. The zero-order valence-corrected chi connectivity index (χ0v) is 22.5. The Kier molecular flexibility index (Phi) is 8.05. The second kappa shape index (κ2) is 11.0. The van der Waals surface area contributed by atoms with Crippen LogP contribution in [0.15, 0.2) is 77.7 Å². The smallest absolute Gasteiger partial charge is 0.369 e. The molecule has 0 bridgehead atoms. The Morgan fingerprint density at radius 3 is 2.13 bits per heavy atom. The monoisotopic (exact) mass is 581 g/mol. The van der Waals surface area contributed by atoms with E-state index < -0.39 is 37.5 Å². The van der Waals surface area contributed by atoms with Gasteiger partial charge in [-0.25, -0.2) is 16.8 Å². The van der Waals surface area contributed by atoms with Crippen LogP contribution in [0.3, 0.4) is 0 Å². The number of hydrogen-bond donors (Lipinski definition) is 1. The minimum Gasteiger partial charge on any atom is -0.369 e. The molecule has 3 aromatic carbocycles. The Balaban J connectivity index is 1.41. The van der Waals surface area contributed by atoms with E-state index in [4.69, 9.17) is 0 Å². The van der Waals surface area contributed by atoms with Gasteiger partial charge in [0.05, 0.1) is 16.2 Å². The first-order valence-electron chi connectivity index (χ1n) is 11.8. The summed E-state index contributed by atoms with van der Waals surface area (Å²) >= 11 is 0. The maximum Gasteiger partial charge on any atom is 0.416 e. The number of nitrogens with zero attached hydrogens (tertiary/aromatic N) is 2. The fraction of sp³-hybridized carbons (Fsp3) is 0.269. The number of sulfone groups is 1. The molecule has 1 aliphatic heterocycles. The third-order valence-corrected chi connectivity index (χ3v) is 8.96. The summed E-state index contributed by atoms with van der Waals surface area (Å²) in [6.45, 7) is 0.630. The average Bonchev–Trinajstić information content (AvgIpc) is 2.88. The van der Waals surface area contributed by atoms with Crippen LogP contribution in [-0.2, 0) is 31.8 Å². The zero-order chi connectivity index (χ0) is 28.4. The highest BCUT2D eigenvalue weighted by molar-refractivity contribution is 7.90. The van der Waals surface area contributed by atoms with E-state index in [1.54, 1.807) is 29.2 Å². The number of hydrogen-bond acceptors (Lipinski definition) is 6. The van der Waals surface area contributed by atoms with Gasteiger partial charge in [-0.1, -0.05) is 24.3 Å². The fourth-order valence-corrected chi connectivity index (χ4v) is 6.51. The van der Waals surface area contributed by atoms with Crippen LogP contribution in [0.2, 0.25) is 0 Å². The summed E-state index contributed by atoms with van der Waals surface area (Å²) in [6.07, 6.45) is -3.39. The van der Waals surface area contributed by atoms with Gasteiger partial charge in [0.2, 0.25) is 10.0 Å². The molecule has 0 saturated carbocycles. The normalized spacial score (nSPS) is 15.2. The van der Waals surface area contributed by atoms with Crippen molar-refractivity contribution in [1.82, 2.24) is 4.31 Å². The first kappa shape index (κ1) is 28.6. The fourth-order valence-electron chi connectivity index (χ4n) is 4.27. The van der Waals surface area contributed by atoms with Crippen LogP contribution < -0.4 is 10.2 Å². The summed E-state index contributed by atoms with van der Waals surface area (Å²) in [4.78, 5) is 14.5. The summed E-state index contributed by atoms with van der Waals surface area (Å²) in [7, 11) is -7.24. The van der Waals surface area contributed by atoms with Crippen molar-refractivity contribution in [2.24, 2.45) is 0 Å². The van der Waals surface area contributed by atoms with Crippen molar-refractivity contribution in [1.29, 1.82) is 0 Å². The molecule has 13 heteroatoms. The molecule has 1 fully saturated rings. The largest absolute Gasteiger partial charge is 0.416 e. The molecule has 0 aromatic heterocycles. The molecule has 1 aliphatic rings. The van der Waals surface area contributed by atoms with E-state index in [0.29, 0.717) is 16.9 Å². The van der Waals surface area contributed by atoms with Crippen molar-refractivity contribution in [2.75, 3.05) is 42.7 Å². The molecule has 1 N–H and O–H groups in total. The Labute approximate surface area is 225 Å². The summed E-state index contributed by atoms with van der Waals surface area (Å²) in [6, 6.07) is 16.8. The predicted octanol–water partition coefficient (Wildman–Crippen LogP) is 4.01. The van der Waals surface area contributed by atoms with Gasteiger partial charge in [0.15, 0.2) is 9.84 Å². The number of anilines is 2. The minimum atomic E-state index is -4.47. The molecule has 1 saturated heterocycles. The molecule has 0 radical (unpaired) electrons. The van der Waals surface area contributed by atoms with Gasteiger partial charge in [0.1, 0.15) is 0 Å². The molecule has 1 heterocycles. The number of halogens is 3. The number of rotatable bonds is 7. The molecule has 4 rings (SSSR count). The number of nitrogens with one attached hydrogen (secondary N) is 1. The Hall–Kier alpha value is -3.42. The van der Waals surface area contributed by atoms with Crippen LogP contribution in [0, 0.1) is 0 Å². The minimum absolute atomic E-state index is 0.00509. The highest BCUT2D eigenvalue weighted by Gasteiger charge is 2.32. The number of sulfonamides is 1. The Morgan fingerprint density at radius 2 is 1.51 bits per heavy atom. The molecule has 208 valence electrons. The van der Waals surface area contributed by atoms with E-state index in [9.17, 15) is 34.8 Å². The van der Waals surface area contributed by atoms with E-state index in [1.165, 1.54) is 40.7 Å². The topological polar surface area (TPSA) is 104 Å².